The fraction of sp³-hybridized carbons (Fsp3) is 0. The molecule has 0 N–H and O–H groups in total. The molecular weight excluding hydrogens is 785 g/mol. The van der Waals surface area contributed by atoms with Gasteiger partial charge in [0.2, 0.25) is 0 Å². The molecule has 0 saturated carbocycles. The van der Waals surface area contributed by atoms with Gasteiger partial charge >= 0.3 is 0 Å². The first-order valence-electron chi connectivity index (χ1n) is 21.2. The Morgan fingerprint density at radius 1 is 0.177 bits per heavy atom. The van der Waals surface area contributed by atoms with Crippen molar-refractivity contribution >= 4 is 63.0 Å². The second kappa shape index (κ2) is 15.3. The first kappa shape index (κ1) is 36.5. The lowest BCUT2D eigenvalue weighted by Crippen LogP contribution is -1.89. The molecule has 0 bridgehead atoms. The van der Waals surface area contributed by atoms with Crippen LogP contribution in [0.3, 0.4) is 0 Å². The van der Waals surface area contributed by atoms with E-state index in [0.29, 0.717) is 0 Å². The van der Waals surface area contributed by atoms with Crippen LogP contribution in [0.4, 0.5) is 0 Å². The molecule has 0 fully saturated rings. The third-order valence-electron chi connectivity index (χ3n) is 12.3. The maximum absolute atomic E-state index is 2.34. The molecule has 10 aromatic carbocycles. The van der Waals surface area contributed by atoms with E-state index in [1.54, 1.807) is 0 Å². The summed E-state index contributed by atoms with van der Waals surface area (Å²) < 4.78 is 5.27. The van der Waals surface area contributed by atoms with Gasteiger partial charge in [0.25, 0.3) is 0 Å². The molecule has 0 aliphatic carbocycles. The Morgan fingerprint density at radius 3 is 0.823 bits per heavy atom. The van der Waals surface area contributed by atoms with E-state index in [9.17, 15) is 0 Å². The van der Waals surface area contributed by atoms with E-state index in [2.05, 4.69) is 231 Å². The maximum atomic E-state index is 2.34. The Balaban J connectivity index is 0.992. The highest BCUT2D eigenvalue weighted by Gasteiger charge is 2.20. The van der Waals surface area contributed by atoms with Crippen molar-refractivity contribution in [2.45, 2.75) is 0 Å². The van der Waals surface area contributed by atoms with Gasteiger partial charge < -0.3 is 0 Å². The van der Waals surface area contributed by atoms with E-state index in [1.807, 2.05) is 22.7 Å². The highest BCUT2D eigenvalue weighted by Crippen LogP contribution is 2.49. The van der Waals surface area contributed by atoms with Crippen LogP contribution in [0, 0.1) is 0 Å². The van der Waals surface area contributed by atoms with Gasteiger partial charge in [-0.2, -0.15) is 0 Å². The standard InChI is InChI=1S/C60H38S2/c1-3-17-39(18-4-1)41-21-11-23-43(37-41)45-29-13-33-53-55-35-15-31-51(59(55)61-57(45)53)49-27-9-7-25-47(49)48-26-8-10-28-50(48)52-32-16-36-56-54-34-14-30-46(58(54)62-60(52)56)44-24-12-22-42(38-44)40-19-5-2-6-20-40/h1-38H. The van der Waals surface area contributed by atoms with Crippen LogP contribution in [-0.2, 0) is 0 Å². The summed E-state index contributed by atoms with van der Waals surface area (Å²) in [6.45, 7) is 0. The zero-order chi connectivity index (χ0) is 41.0. The summed E-state index contributed by atoms with van der Waals surface area (Å²) in [4.78, 5) is 0. The van der Waals surface area contributed by atoms with Crippen molar-refractivity contribution < 1.29 is 0 Å². The quantitative estimate of drug-likeness (QED) is 0.150. The molecule has 0 aliphatic heterocycles. The minimum atomic E-state index is 1.23. The summed E-state index contributed by atoms with van der Waals surface area (Å²) in [5.41, 5.74) is 17.4. The topological polar surface area (TPSA) is 0 Å². The van der Waals surface area contributed by atoms with Crippen molar-refractivity contribution in [2.75, 3.05) is 0 Å². The van der Waals surface area contributed by atoms with Crippen molar-refractivity contribution in [3.8, 4) is 77.9 Å². The van der Waals surface area contributed by atoms with E-state index >= 15 is 0 Å². The third kappa shape index (κ3) is 6.19. The van der Waals surface area contributed by atoms with Crippen LogP contribution < -0.4 is 0 Å². The Hall–Kier alpha value is -7.36. The highest BCUT2D eigenvalue weighted by molar-refractivity contribution is 7.27. The Labute approximate surface area is 369 Å². The lowest BCUT2D eigenvalue weighted by Gasteiger charge is -2.16. The summed E-state index contributed by atoms with van der Waals surface area (Å²) in [7, 11) is 0. The van der Waals surface area contributed by atoms with Gasteiger partial charge in [-0.1, -0.05) is 218 Å². The normalized spacial score (nSPS) is 11.5. The molecule has 0 unspecified atom stereocenters. The molecule has 0 atom stereocenters. The summed E-state index contributed by atoms with van der Waals surface area (Å²) in [6, 6.07) is 84.6. The number of thiophene rings is 2. The zero-order valence-electron chi connectivity index (χ0n) is 33.8. The van der Waals surface area contributed by atoms with Gasteiger partial charge in [0, 0.05) is 51.5 Å². The summed E-state index contributed by atoms with van der Waals surface area (Å²) in [5.74, 6) is 0. The van der Waals surface area contributed by atoms with E-state index in [0.717, 1.165) is 0 Å². The lowest BCUT2D eigenvalue weighted by atomic mass is 9.88. The molecule has 2 heteroatoms. The summed E-state index contributed by atoms with van der Waals surface area (Å²) in [5, 5.41) is 5.20. The van der Waals surface area contributed by atoms with Crippen LogP contribution in [0.25, 0.3) is 118 Å². The van der Waals surface area contributed by atoms with E-state index in [4.69, 9.17) is 0 Å². The van der Waals surface area contributed by atoms with Gasteiger partial charge in [0.05, 0.1) is 0 Å². The second-order valence-corrected chi connectivity index (χ2v) is 18.0. The monoisotopic (exact) mass is 822 g/mol. The van der Waals surface area contributed by atoms with Gasteiger partial charge in [-0.05, 0) is 78.9 Å². The first-order chi connectivity index (χ1) is 30.8. The fourth-order valence-electron chi connectivity index (χ4n) is 9.42. The Bertz CT molecular complexity index is 3380. The van der Waals surface area contributed by atoms with Gasteiger partial charge in [-0.3, -0.25) is 0 Å². The van der Waals surface area contributed by atoms with Gasteiger partial charge in [-0.15, -0.1) is 22.7 Å². The smallest absolute Gasteiger partial charge is 0.0434 e. The zero-order valence-corrected chi connectivity index (χ0v) is 35.4. The SMILES string of the molecule is c1ccc(-c2cccc(-c3cccc4c3sc3c(-c5ccccc5-c5ccccc5-c5cccc6c5sc5c(-c7cccc(-c8ccccc8)c7)cccc56)cccc34)c2)cc1. The molecule has 12 rings (SSSR count). The maximum Gasteiger partial charge on any atom is 0.0434 e. The number of fused-ring (bicyclic) bond motifs is 6. The van der Waals surface area contributed by atoms with Gasteiger partial charge in [0.1, 0.15) is 0 Å². The van der Waals surface area contributed by atoms with Crippen LogP contribution in [-0.4, -0.2) is 0 Å². The van der Waals surface area contributed by atoms with Crippen LogP contribution in [0.5, 0.6) is 0 Å². The number of rotatable bonds is 7. The van der Waals surface area contributed by atoms with Crippen molar-refractivity contribution in [3.63, 3.8) is 0 Å². The van der Waals surface area contributed by atoms with E-state index in [1.165, 1.54) is 118 Å². The molecule has 62 heavy (non-hydrogen) atoms. The molecule has 2 aromatic heterocycles. The Morgan fingerprint density at radius 2 is 0.435 bits per heavy atom. The lowest BCUT2D eigenvalue weighted by molar-refractivity contribution is 1.59. The largest absolute Gasteiger partial charge is 0.134 e. The number of hydrogen-bond donors (Lipinski definition) is 0. The average Bonchev–Trinajstić information content (AvgIpc) is 3.94. The summed E-state index contributed by atoms with van der Waals surface area (Å²) >= 11 is 3.83. The van der Waals surface area contributed by atoms with Gasteiger partial charge in [0.15, 0.2) is 0 Å². The first-order valence-corrected chi connectivity index (χ1v) is 22.8. The van der Waals surface area contributed by atoms with Crippen molar-refractivity contribution in [1.82, 2.24) is 0 Å². The van der Waals surface area contributed by atoms with E-state index < -0.39 is 0 Å². The second-order valence-electron chi connectivity index (χ2n) is 15.9. The molecule has 0 aliphatic rings. The Kier molecular flexibility index (Phi) is 8.99. The molecule has 2 heterocycles. The predicted molar refractivity (Wildman–Crippen MR) is 270 cm³/mol. The van der Waals surface area contributed by atoms with Crippen LogP contribution in [0.1, 0.15) is 0 Å². The number of benzene rings is 10. The van der Waals surface area contributed by atoms with Crippen molar-refractivity contribution in [2.24, 2.45) is 0 Å². The minimum absolute atomic E-state index is 1.23. The third-order valence-corrected chi connectivity index (χ3v) is 14.9. The average molecular weight is 823 g/mol. The molecule has 12 aromatic rings. The minimum Gasteiger partial charge on any atom is -0.134 e. The molecule has 0 amide bonds. The molecule has 0 spiro atoms. The predicted octanol–water partition coefficient (Wildman–Crippen LogP) is 18.1. The van der Waals surface area contributed by atoms with Crippen molar-refractivity contribution in [1.29, 1.82) is 0 Å². The van der Waals surface area contributed by atoms with Crippen LogP contribution in [0.15, 0.2) is 231 Å². The van der Waals surface area contributed by atoms with Crippen LogP contribution >= 0.6 is 22.7 Å². The summed E-state index contributed by atoms with van der Waals surface area (Å²) in [6.07, 6.45) is 0. The van der Waals surface area contributed by atoms with E-state index in [-0.39, 0.29) is 0 Å². The molecule has 0 radical (unpaired) electrons. The fourth-order valence-corrected chi connectivity index (χ4v) is 12.1. The van der Waals surface area contributed by atoms with Gasteiger partial charge in [-0.25, -0.2) is 0 Å². The highest BCUT2D eigenvalue weighted by atomic mass is 32.1. The van der Waals surface area contributed by atoms with Crippen molar-refractivity contribution in [3.05, 3.63) is 231 Å². The number of hydrogen-bond acceptors (Lipinski definition) is 2. The molecule has 290 valence electrons. The molecule has 0 saturated heterocycles. The molecule has 0 nitrogen and oxygen atoms in total. The van der Waals surface area contributed by atoms with Crippen LogP contribution in [0.2, 0.25) is 0 Å². The molecular formula is C60H38S2.